The quantitative estimate of drug-likeness (QED) is 0.886. The van der Waals surface area contributed by atoms with Gasteiger partial charge in [0.15, 0.2) is 11.5 Å². The van der Waals surface area contributed by atoms with Gasteiger partial charge in [0.25, 0.3) is 0 Å². The lowest BCUT2D eigenvalue weighted by Gasteiger charge is -2.23. The van der Waals surface area contributed by atoms with Gasteiger partial charge in [-0.05, 0) is 44.2 Å². The van der Waals surface area contributed by atoms with Crippen molar-refractivity contribution >= 4 is 5.78 Å². The van der Waals surface area contributed by atoms with Crippen molar-refractivity contribution in [3.05, 3.63) is 23.3 Å². The zero-order chi connectivity index (χ0) is 13.1. The topological polar surface area (TPSA) is 47.6 Å². The number of ketones is 1. The number of carbonyl (C=O) groups is 1. The monoisotopic (exact) mass is 249 g/mol. The van der Waals surface area contributed by atoms with Gasteiger partial charge in [-0.25, -0.2) is 0 Å². The van der Waals surface area contributed by atoms with E-state index < -0.39 is 0 Å². The van der Waals surface area contributed by atoms with Gasteiger partial charge in [-0.1, -0.05) is 0 Å². The number of aryl methyl sites for hydroxylation is 1. The fourth-order valence-corrected chi connectivity index (χ4v) is 2.24. The third kappa shape index (κ3) is 2.64. The van der Waals surface area contributed by atoms with Gasteiger partial charge in [0.05, 0.1) is 0 Å². The summed E-state index contributed by atoms with van der Waals surface area (Å²) in [5.74, 6) is 1.73. The summed E-state index contributed by atoms with van der Waals surface area (Å²) in [4.78, 5) is 11.3. The smallest absolute Gasteiger partial charge is 0.161 e. The Morgan fingerprint density at radius 3 is 2.50 bits per heavy atom. The summed E-state index contributed by atoms with van der Waals surface area (Å²) in [6.45, 7) is 4.80. The molecular weight excluding hydrogens is 230 g/mol. The van der Waals surface area contributed by atoms with E-state index in [4.69, 9.17) is 9.47 Å². The van der Waals surface area contributed by atoms with Crippen molar-refractivity contribution < 1.29 is 14.3 Å². The molecule has 1 N–H and O–H groups in total. The summed E-state index contributed by atoms with van der Waals surface area (Å²) in [5, 5.41) is 3.18. The molecule has 1 heterocycles. The first-order valence-electron chi connectivity index (χ1n) is 6.18. The lowest BCUT2D eigenvalue weighted by Crippen LogP contribution is -2.21. The van der Waals surface area contributed by atoms with Crippen LogP contribution in [0.3, 0.4) is 0 Å². The van der Waals surface area contributed by atoms with Crippen molar-refractivity contribution in [2.45, 2.75) is 26.3 Å². The fourth-order valence-electron chi connectivity index (χ4n) is 2.24. The van der Waals surface area contributed by atoms with Crippen molar-refractivity contribution in [3.8, 4) is 11.5 Å². The van der Waals surface area contributed by atoms with E-state index in [-0.39, 0.29) is 11.8 Å². The number of rotatable bonds is 4. The van der Waals surface area contributed by atoms with Crippen LogP contribution in [0.25, 0.3) is 0 Å². The van der Waals surface area contributed by atoms with Crippen LogP contribution >= 0.6 is 0 Å². The highest BCUT2D eigenvalue weighted by Gasteiger charge is 2.19. The SMILES string of the molecule is CNC(CC(C)=O)c1cc2c(cc1C)OCCO2. The Labute approximate surface area is 107 Å². The second kappa shape index (κ2) is 5.40. The Morgan fingerprint density at radius 2 is 1.94 bits per heavy atom. The zero-order valence-electron chi connectivity index (χ0n) is 11.1. The minimum atomic E-state index is 0.0262. The first-order chi connectivity index (χ1) is 8.61. The molecule has 0 radical (unpaired) electrons. The van der Waals surface area contributed by atoms with Crippen LogP contribution in [0, 0.1) is 6.92 Å². The Balaban J connectivity index is 2.34. The molecule has 4 nitrogen and oxygen atoms in total. The van der Waals surface area contributed by atoms with E-state index in [1.165, 1.54) is 0 Å². The van der Waals surface area contributed by atoms with E-state index in [0.29, 0.717) is 19.6 Å². The first kappa shape index (κ1) is 12.9. The lowest BCUT2D eigenvalue weighted by molar-refractivity contribution is -0.117. The molecule has 1 aliphatic heterocycles. The lowest BCUT2D eigenvalue weighted by atomic mass is 9.96. The first-order valence-corrected chi connectivity index (χ1v) is 6.18. The normalized spacial score (nSPS) is 15.3. The van der Waals surface area contributed by atoms with E-state index >= 15 is 0 Å². The van der Waals surface area contributed by atoms with Crippen LogP contribution in [-0.2, 0) is 4.79 Å². The highest BCUT2D eigenvalue weighted by Crippen LogP contribution is 2.35. The molecule has 98 valence electrons. The van der Waals surface area contributed by atoms with Gasteiger partial charge in [0.1, 0.15) is 19.0 Å². The Morgan fingerprint density at radius 1 is 1.33 bits per heavy atom. The number of benzene rings is 1. The van der Waals surface area contributed by atoms with Crippen LogP contribution in [0.4, 0.5) is 0 Å². The van der Waals surface area contributed by atoms with Crippen molar-refractivity contribution in [1.29, 1.82) is 0 Å². The summed E-state index contributed by atoms with van der Waals surface area (Å²) in [6, 6.07) is 3.99. The molecule has 4 heteroatoms. The molecule has 1 unspecified atom stereocenters. The van der Waals surface area contributed by atoms with Crippen LogP contribution in [0.1, 0.15) is 30.5 Å². The second-order valence-corrected chi connectivity index (χ2v) is 4.60. The van der Waals surface area contributed by atoms with E-state index in [1.807, 2.05) is 26.1 Å². The van der Waals surface area contributed by atoms with Gasteiger partial charge in [-0.3, -0.25) is 4.79 Å². The molecule has 0 saturated heterocycles. The molecule has 1 aromatic rings. The Bertz CT molecular complexity index is 457. The second-order valence-electron chi connectivity index (χ2n) is 4.60. The molecule has 0 amide bonds. The molecular formula is C14H19NO3. The maximum Gasteiger partial charge on any atom is 0.161 e. The van der Waals surface area contributed by atoms with Crippen molar-refractivity contribution in [2.75, 3.05) is 20.3 Å². The summed E-state index contributed by atoms with van der Waals surface area (Å²) < 4.78 is 11.1. The highest BCUT2D eigenvalue weighted by molar-refractivity contribution is 5.76. The zero-order valence-corrected chi connectivity index (χ0v) is 11.1. The summed E-state index contributed by atoms with van der Waals surface area (Å²) >= 11 is 0. The molecule has 2 rings (SSSR count). The van der Waals surface area contributed by atoms with Gasteiger partial charge < -0.3 is 14.8 Å². The number of carbonyl (C=O) groups excluding carboxylic acids is 1. The van der Waals surface area contributed by atoms with Gasteiger partial charge in [0, 0.05) is 12.5 Å². The molecule has 0 aliphatic carbocycles. The largest absolute Gasteiger partial charge is 0.486 e. The van der Waals surface area contributed by atoms with Crippen LogP contribution in [0.2, 0.25) is 0 Å². The standard InChI is InChI=1S/C14H19NO3/c1-9-6-13-14(18-5-4-17-13)8-11(9)12(15-3)7-10(2)16/h6,8,12,15H,4-5,7H2,1-3H3. The third-order valence-corrected chi connectivity index (χ3v) is 3.15. The van der Waals surface area contributed by atoms with Crippen molar-refractivity contribution in [1.82, 2.24) is 5.32 Å². The van der Waals surface area contributed by atoms with Crippen molar-refractivity contribution in [3.63, 3.8) is 0 Å². The van der Waals surface area contributed by atoms with Crippen LogP contribution in [-0.4, -0.2) is 26.0 Å². The van der Waals surface area contributed by atoms with E-state index in [1.54, 1.807) is 6.92 Å². The molecule has 1 atom stereocenters. The summed E-state index contributed by atoms with van der Waals surface area (Å²) in [7, 11) is 1.86. The molecule has 0 spiro atoms. The van der Waals surface area contributed by atoms with Gasteiger partial charge in [0.2, 0.25) is 0 Å². The molecule has 0 fully saturated rings. The highest BCUT2D eigenvalue weighted by atomic mass is 16.6. The minimum Gasteiger partial charge on any atom is -0.486 e. The van der Waals surface area contributed by atoms with Gasteiger partial charge >= 0.3 is 0 Å². The summed E-state index contributed by atoms with van der Waals surface area (Å²) in [6.07, 6.45) is 0.483. The molecule has 0 aromatic heterocycles. The number of ether oxygens (including phenoxy) is 2. The van der Waals surface area contributed by atoms with Crippen LogP contribution in [0.15, 0.2) is 12.1 Å². The average molecular weight is 249 g/mol. The fraction of sp³-hybridized carbons (Fsp3) is 0.500. The van der Waals surface area contributed by atoms with E-state index in [0.717, 1.165) is 22.6 Å². The molecule has 0 bridgehead atoms. The molecule has 18 heavy (non-hydrogen) atoms. The van der Waals surface area contributed by atoms with Crippen LogP contribution < -0.4 is 14.8 Å². The van der Waals surface area contributed by atoms with E-state index in [9.17, 15) is 4.79 Å². The predicted molar refractivity (Wildman–Crippen MR) is 69.3 cm³/mol. The Hall–Kier alpha value is -1.55. The van der Waals surface area contributed by atoms with Crippen LogP contribution in [0.5, 0.6) is 11.5 Å². The number of hydrogen-bond donors (Lipinski definition) is 1. The third-order valence-electron chi connectivity index (χ3n) is 3.15. The van der Waals surface area contributed by atoms with Gasteiger partial charge in [-0.15, -0.1) is 0 Å². The number of hydrogen-bond acceptors (Lipinski definition) is 4. The minimum absolute atomic E-state index is 0.0262. The van der Waals surface area contributed by atoms with E-state index in [2.05, 4.69) is 5.32 Å². The number of Topliss-reactive ketones (excluding diaryl/α,β-unsaturated/α-hetero) is 1. The molecule has 1 aliphatic rings. The van der Waals surface area contributed by atoms with Crippen molar-refractivity contribution in [2.24, 2.45) is 0 Å². The average Bonchev–Trinajstić information content (AvgIpc) is 2.35. The van der Waals surface area contributed by atoms with Gasteiger partial charge in [-0.2, -0.15) is 0 Å². The Kier molecular flexibility index (Phi) is 3.87. The summed E-state index contributed by atoms with van der Waals surface area (Å²) in [5.41, 5.74) is 2.21. The maximum atomic E-state index is 11.3. The predicted octanol–water partition coefficient (Wildman–Crippen LogP) is 2.01. The number of fused-ring (bicyclic) bond motifs is 1. The molecule has 1 aromatic carbocycles. The number of nitrogens with one attached hydrogen (secondary N) is 1. The molecule has 0 saturated carbocycles. The maximum absolute atomic E-state index is 11.3.